The lowest BCUT2D eigenvalue weighted by molar-refractivity contribution is -0.136. The van der Waals surface area contributed by atoms with Crippen molar-refractivity contribution < 1.29 is 33.5 Å². The first-order valence-corrected chi connectivity index (χ1v) is 16.4. The maximum absolute atomic E-state index is 13.2. The summed E-state index contributed by atoms with van der Waals surface area (Å²) < 4.78 is 5.54. The number of benzene rings is 1. The number of piperidine rings is 1. The van der Waals surface area contributed by atoms with Crippen molar-refractivity contribution in [1.82, 2.24) is 25.8 Å². The SMILES string of the molecule is C=C(C)/C(N)=C\N(C)C(C)(CC)C(=C)/C=C(\N)NC(=O)CCNC(=O)CCOCCNc1cccc2c1C(=O)N(C1CCC(=O)NC1=O)C2=O. The van der Waals surface area contributed by atoms with E-state index in [0.717, 1.165) is 10.5 Å². The number of hydrogen-bond acceptors (Lipinski definition) is 11. The highest BCUT2D eigenvalue weighted by molar-refractivity contribution is 6.25. The molecule has 15 heteroatoms. The number of rotatable bonds is 18. The minimum absolute atomic E-state index is 0.00393. The number of allylic oxidation sites excluding steroid dienone is 1. The number of nitrogens with one attached hydrogen (secondary N) is 4. The van der Waals surface area contributed by atoms with Crippen LogP contribution in [0.25, 0.3) is 0 Å². The van der Waals surface area contributed by atoms with Crippen LogP contribution in [0.1, 0.15) is 73.6 Å². The number of imide groups is 2. The van der Waals surface area contributed by atoms with Crippen LogP contribution in [0.3, 0.4) is 0 Å². The quantitative estimate of drug-likeness (QED) is 0.0733. The standard InChI is InChI=1S/C35H48N8O7/c1-7-35(5,42(6)20-24(36)21(2)3)22(4)19-27(37)40-30(46)13-15-39-28(44)14-17-50-18-16-38-25-10-8-9-23-31(25)34(49)43(33(23)48)26-11-12-29(45)41-32(26)47/h8-10,19-20,26,38H,2,4,7,11-18,36-37H2,1,3,5-6H3,(H,39,44)(H,40,46)(H,41,45,47)/b24-20+,27-19+. The molecular formula is C35H48N8O7. The van der Waals surface area contributed by atoms with Crippen molar-refractivity contribution in [3.8, 4) is 0 Å². The molecule has 1 fully saturated rings. The number of amides is 6. The fraction of sp³-hybridized carbons (Fsp3) is 0.429. The van der Waals surface area contributed by atoms with Crippen molar-refractivity contribution >= 4 is 41.1 Å². The molecule has 2 aliphatic heterocycles. The molecule has 0 spiro atoms. The number of carbonyl (C=O) groups is 6. The smallest absolute Gasteiger partial charge is 0.264 e. The Labute approximate surface area is 292 Å². The zero-order chi connectivity index (χ0) is 37.2. The zero-order valence-corrected chi connectivity index (χ0v) is 29.1. The molecule has 0 bridgehead atoms. The maximum Gasteiger partial charge on any atom is 0.264 e. The van der Waals surface area contributed by atoms with E-state index in [9.17, 15) is 28.8 Å². The average Bonchev–Trinajstić information content (AvgIpc) is 3.31. The Bertz CT molecular complexity index is 1620. The van der Waals surface area contributed by atoms with Gasteiger partial charge in [-0.2, -0.15) is 0 Å². The Morgan fingerprint density at radius 1 is 1.10 bits per heavy atom. The van der Waals surface area contributed by atoms with E-state index in [1.807, 2.05) is 32.7 Å². The van der Waals surface area contributed by atoms with E-state index in [-0.39, 0.29) is 80.7 Å². The topological polar surface area (TPSA) is 218 Å². The van der Waals surface area contributed by atoms with Crippen molar-refractivity contribution in [2.75, 3.05) is 38.7 Å². The van der Waals surface area contributed by atoms with Crippen LogP contribution in [0.4, 0.5) is 5.69 Å². The Kier molecular flexibility index (Phi) is 13.5. The fourth-order valence-corrected chi connectivity index (χ4v) is 5.36. The normalized spacial score (nSPS) is 17.4. The van der Waals surface area contributed by atoms with Crippen molar-refractivity contribution in [3.05, 3.63) is 77.4 Å². The Morgan fingerprint density at radius 3 is 2.48 bits per heavy atom. The number of ether oxygens (including phenoxy) is 1. The number of anilines is 1. The van der Waals surface area contributed by atoms with Crippen LogP contribution in [-0.4, -0.2) is 90.2 Å². The molecule has 50 heavy (non-hydrogen) atoms. The molecule has 0 aliphatic carbocycles. The number of nitrogens with two attached hydrogens (primary N) is 2. The highest BCUT2D eigenvalue weighted by Gasteiger charge is 2.45. The molecule has 8 N–H and O–H groups in total. The van der Waals surface area contributed by atoms with Crippen molar-refractivity contribution in [1.29, 1.82) is 0 Å². The first-order valence-electron chi connectivity index (χ1n) is 16.4. The molecule has 3 rings (SSSR count). The summed E-state index contributed by atoms with van der Waals surface area (Å²) in [5, 5.41) is 10.5. The molecule has 1 aromatic carbocycles. The van der Waals surface area contributed by atoms with Crippen LogP contribution >= 0.6 is 0 Å². The molecule has 2 atom stereocenters. The van der Waals surface area contributed by atoms with E-state index >= 15 is 0 Å². The Balaban J connectivity index is 1.37. The summed E-state index contributed by atoms with van der Waals surface area (Å²) in [4.78, 5) is 77.5. The Hall–Kier alpha value is -5.44. The van der Waals surface area contributed by atoms with Gasteiger partial charge in [-0.05, 0) is 56.0 Å². The summed E-state index contributed by atoms with van der Waals surface area (Å²) in [6, 6.07) is 3.72. The molecule has 1 aromatic rings. The van der Waals surface area contributed by atoms with Gasteiger partial charge < -0.3 is 37.1 Å². The van der Waals surface area contributed by atoms with Gasteiger partial charge in [0.05, 0.1) is 29.9 Å². The van der Waals surface area contributed by atoms with E-state index in [2.05, 4.69) is 34.4 Å². The monoisotopic (exact) mass is 692 g/mol. The van der Waals surface area contributed by atoms with Crippen LogP contribution in [0.5, 0.6) is 0 Å². The molecule has 2 aliphatic rings. The number of fused-ring (bicyclic) bond motifs is 1. The summed E-state index contributed by atoms with van der Waals surface area (Å²) in [5.41, 5.74) is 14.3. The fourth-order valence-electron chi connectivity index (χ4n) is 5.36. The van der Waals surface area contributed by atoms with Crippen molar-refractivity contribution in [3.63, 3.8) is 0 Å². The van der Waals surface area contributed by atoms with Gasteiger partial charge in [-0.1, -0.05) is 26.1 Å². The van der Waals surface area contributed by atoms with Gasteiger partial charge in [0.15, 0.2) is 0 Å². The van der Waals surface area contributed by atoms with E-state index in [0.29, 0.717) is 23.4 Å². The summed E-state index contributed by atoms with van der Waals surface area (Å²) in [6.45, 7) is 14.5. The first kappa shape index (κ1) is 39.0. The summed E-state index contributed by atoms with van der Waals surface area (Å²) >= 11 is 0. The third kappa shape index (κ3) is 9.59. The zero-order valence-electron chi connectivity index (χ0n) is 29.1. The van der Waals surface area contributed by atoms with Crippen molar-refractivity contribution in [2.24, 2.45) is 11.5 Å². The lowest BCUT2D eigenvalue weighted by Crippen LogP contribution is -2.54. The molecule has 0 aromatic heterocycles. The highest BCUT2D eigenvalue weighted by Crippen LogP contribution is 2.32. The lowest BCUT2D eigenvalue weighted by Gasteiger charge is -2.39. The maximum atomic E-state index is 13.2. The number of nitrogens with zero attached hydrogens (tertiary/aromatic N) is 2. The number of carbonyl (C=O) groups excluding carboxylic acids is 6. The second-order valence-electron chi connectivity index (χ2n) is 12.3. The minimum Gasteiger partial charge on any atom is -0.397 e. The van der Waals surface area contributed by atoms with Gasteiger partial charge in [-0.25, -0.2) is 0 Å². The summed E-state index contributed by atoms with van der Waals surface area (Å²) in [5.74, 6) is -2.87. The van der Waals surface area contributed by atoms with Crippen LogP contribution in [-0.2, 0) is 23.9 Å². The molecular weight excluding hydrogens is 644 g/mol. The van der Waals surface area contributed by atoms with Crippen LogP contribution in [0, 0.1) is 0 Å². The van der Waals surface area contributed by atoms with E-state index in [1.165, 1.54) is 6.07 Å². The third-order valence-corrected chi connectivity index (χ3v) is 8.78. The predicted molar refractivity (Wildman–Crippen MR) is 188 cm³/mol. The first-order chi connectivity index (χ1) is 23.6. The highest BCUT2D eigenvalue weighted by atomic mass is 16.5. The van der Waals surface area contributed by atoms with Crippen LogP contribution in [0.15, 0.2) is 66.3 Å². The second kappa shape index (κ2) is 17.3. The average molecular weight is 693 g/mol. The molecule has 0 saturated carbocycles. The second-order valence-corrected chi connectivity index (χ2v) is 12.3. The van der Waals surface area contributed by atoms with Gasteiger partial charge in [0.1, 0.15) is 11.9 Å². The Morgan fingerprint density at radius 2 is 1.82 bits per heavy atom. The van der Waals surface area contributed by atoms with Gasteiger partial charge in [-0.3, -0.25) is 39.0 Å². The molecule has 2 heterocycles. The third-order valence-electron chi connectivity index (χ3n) is 8.78. The molecule has 2 unspecified atom stereocenters. The van der Waals surface area contributed by atoms with Gasteiger partial charge in [0, 0.05) is 57.0 Å². The molecule has 270 valence electrons. The van der Waals surface area contributed by atoms with E-state index in [4.69, 9.17) is 16.2 Å². The van der Waals surface area contributed by atoms with Crippen LogP contribution < -0.4 is 32.7 Å². The number of likely N-dealkylation sites (N-methyl/N-ethyl adjacent to an activating group) is 1. The summed E-state index contributed by atoms with van der Waals surface area (Å²) in [7, 11) is 1.88. The van der Waals surface area contributed by atoms with Crippen LogP contribution in [0.2, 0.25) is 0 Å². The van der Waals surface area contributed by atoms with Gasteiger partial charge in [0.2, 0.25) is 23.6 Å². The van der Waals surface area contributed by atoms with E-state index in [1.54, 1.807) is 24.4 Å². The molecule has 6 amide bonds. The molecule has 1 saturated heterocycles. The van der Waals surface area contributed by atoms with E-state index < -0.39 is 35.2 Å². The van der Waals surface area contributed by atoms with Gasteiger partial charge in [0.25, 0.3) is 11.8 Å². The van der Waals surface area contributed by atoms with Gasteiger partial charge in [-0.15, -0.1) is 0 Å². The predicted octanol–water partition coefficient (Wildman–Crippen LogP) is 1.36. The van der Waals surface area contributed by atoms with Crippen molar-refractivity contribution in [2.45, 2.75) is 64.5 Å². The van der Waals surface area contributed by atoms with Gasteiger partial charge >= 0.3 is 0 Å². The minimum atomic E-state index is -1.05. The number of hydrogen-bond donors (Lipinski definition) is 6. The summed E-state index contributed by atoms with van der Waals surface area (Å²) in [6.07, 6.45) is 4.25. The molecule has 15 nitrogen and oxygen atoms in total. The molecule has 0 radical (unpaired) electrons. The largest absolute Gasteiger partial charge is 0.397 e. The lowest BCUT2D eigenvalue weighted by atomic mass is 9.88.